The average Bonchev–Trinajstić information content (AvgIpc) is 2.88. The normalized spacial score (nSPS) is 16.2. The van der Waals surface area contributed by atoms with Crippen molar-refractivity contribution in [2.75, 3.05) is 17.1 Å². The number of aryl methyl sites for hydroxylation is 2. The Bertz CT molecular complexity index is 990. The molecule has 1 amide bonds. The second kappa shape index (κ2) is 6.88. The number of amides is 1. The molecule has 2 N–H and O–H groups in total. The van der Waals surface area contributed by atoms with Gasteiger partial charge < -0.3 is 10.1 Å². The number of sulfonamides is 1. The van der Waals surface area contributed by atoms with E-state index in [-0.39, 0.29) is 22.6 Å². The number of rotatable bonds is 5. The van der Waals surface area contributed by atoms with Crippen LogP contribution in [0.1, 0.15) is 36.5 Å². The fourth-order valence-electron chi connectivity index (χ4n) is 3.67. The summed E-state index contributed by atoms with van der Waals surface area (Å²) < 4.78 is 33.8. The van der Waals surface area contributed by atoms with Gasteiger partial charge in [0.2, 0.25) is 5.91 Å². The van der Waals surface area contributed by atoms with Gasteiger partial charge in [-0.2, -0.15) is 0 Å². The Morgan fingerprint density at radius 2 is 1.74 bits per heavy atom. The predicted octanol–water partition coefficient (Wildman–Crippen LogP) is 3.80. The first-order valence-corrected chi connectivity index (χ1v) is 10.2. The van der Waals surface area contributed by atoms with Crippen LogP contribution in [0.5, 0.6) is 5.75 Å². The molecule has 3 rings (SSSR count). The highest BCUT2D eigenvalue weighted by Crippen LogP contribution is 2.39. The number of carbonyl (C=O) groups excluding carboxylic acids is 1. The lowest BCUT2D eigenvalue weighted by Crippen LogP contribution is -2.17. The number of anilines is 2. The van der Waals surface area contributed by atoms with E-state index < -0.39 is 10.0 Å². The molecule has 1 unspecified atom stereocenters. The van der Waals surface area contributed by atoms with Gasteiger partial charge in [0, 0.05) is 11.4 Å². The summed E-state index contributed by atoms with van der Waals surface area (Å²) in [6.07, 6.45) is 0. The van der Waals surface area contributed by atoms with Gasteiger partial charge in [-0.25, -0.2) is 8.42 Å². The first kappa shape index (κ1) is 19.2. The van der Waals surface area contributed by atoms with Crippen LogP contribution >= 0.6 is 0 Å². The summed E-state index contributed by atoms with van der Waals surface area (Å²) in [6, 6.07) is 8.53. The number of nitrogens with one attached hydrogen (secondary N) is 2. The topological polar surface area (TPSA) is 84.5 Å². The van der Waals surface area contributed by atoms with Crippen molar-refractivity contribution in [2.45, 2.75) is 38.5 Å². The largest absolute Gasteiger partial charge is 0.497 e. The summed E-state index contributed by atoms with van der Waals surface area (Å²) in [5, 5.41) is 2.85. The molecule has 1 aliphatic rings. The van der Waals surface area contributed by atoms with E-state index in [1.807, 2.05) is 13.8 Å². The van der Waals surface area contributed by atoms with Crippen molar-refractivity contribution in [2.24, 2.45) is 5.92 Å². The first-order valence-electron chi connectivity index (χ1n) is 8.77. The van der Waals surface area contributed by atoms with Crippen molar-refractivity contribution in [3.05, 3.63) is 47.0 Å². The molecular weight excluding hydrogens is 364 g/mol. The van der Waals surface area contributed by atoms with Crippen LogP contribution in [0.4, 0.5) is 11.4 Å². The summed E-state index contributed by atoms with van der Waals surface area (Å²) in [6.45, 7) is 7.43. The third-order valence-electron chi connectivity index (χ3n) is 4.78. The van der Waals surface area contributed by atoms with Gasteiger partial charge in [-0.15, -0.1) is 0 Å². The zero-order valence-electron chi connectivity index (χ0n) is 16.1. The van der Waals surface area contributed by atoms with Crippen molar-refractivity contribution in [1.82, 2.24) is 0 Å². The van der Waals surface area contributed by atoms with Gasteiger partial charge in [0.25, 0.3) is 10.0 Å². The van der Waals surface area contributed by atoms with Crippen molar-refractivity contribution < 1.29 is 17.9 Å². The maximum Gasteiger partial charge on any atom is 0.262 e. The summed E-state index contributed by atoms with van der Waals surface area (Å²) in [5.41, 5.74) is 3.21. The maximum absolute atomic E-state index is 13.0. The van der Waals surface area contributed by atoms with Crippen molar-refractivity contribution >= 4 is 27.3 Å². The zero-order chi connectivity index (χ0) is 19.9. The molecule has 1 aliphatic heterocycles. The van der Waals surface area contributed by atoms with Crippen LogP contribution in [-0.2, 0) is 14.8 Å². The minimum atomic E-state index is -3.78. The quantitative estimate of drug-likeness (QED) is 0.816. The van der Waals surface area contributed by atoms with E-state index in [1.54, 1.807) is 51.3 Å². The number of hydrogen-bond donors (Lipinski definition) is 2. The Morgan fingerprint density at radius 1 is 1.11 bits per heavy atom. The summed E-state index contributed by atoms with van der Waals surface area (Å²) in [4.78, 5) is 12.4. The van der Waals surface area contributed by atoms with Crippen LogP contribution in [0, 0.1) is 19.8 Å². The van der Waals surface area contributed by atoms with E-state index in [4.69, 9.17) is 4.74 Å². The first-order chi connectivity index (χ1) is 12.6. The molecule has 0 bridgehead atoms. The van der Waals surface area contributed by atoms with E-state index >= 15 is 0 Å². The predicted molar refractivity (Wildman–Crippen MR) is 106 cm³/mol. The number of hydrogen-bond acceptors (Lipinski definition) is 4. The molecule has 0 aromatic heterocycles. The molecule has 0 saturated heterocycles. The Labute approximate surface area is 160 Å². The van der Waals surface area contributed by atoms with Gasteiger partial charge in [0.05, 0.1) is 17.9 Å². The highest BCUT2D eigenvalue weighted by molar-refractivity contribution is 7.92. The molecule has 2 aromatic rings. The number of carbonyl (C=O) groups is 1. The Morgan fingerprint density at radius 3 is 2.30 bits per heavy atom. The van der Waals surface area contributed by atoms with Crippen molar-refractivity contribution in [3.63, 3.8) is 0 Å². The number of ether oxygens (including phenoxy) is 1. The SMILES string of the molecule is COc1cc(C)c(S(=O)(=O)Nc2ccc3c(c2)C(C(C)C)C(=O)N3)c(C)c1. The number of benzene rings is 2. The monoisotopic (exact) mass is 388 g/mol. The second-order valence-corrected chi connectivity index (χ2v) is 8.83. The molecular formula is C20H24N2O4S. The third-order valence-corrected chi connectivity index (χ3v) is 6.47. The lowest BCUT2D eigenvalue weighted by molar-refractivity contribution is -0.117. The van der Waals surface area contributed by atoms with Crippen LogP contribution in [0.3, 0.4) is 0 Å². The fraction of sp³-hybridized carbons (Fsp3) is 0.350. The molecule has 0 saturated carbocycles. The molecule has 27 heavy (non-hydrogen) atoms. The van der Waals surface area contributed by atoms with Crippen LogP contribution in [-0.4, -0.2) is 21.4 Å². The van der Waals surface area contributed by atoms with E-state index in [2.05, 4.69) is 10.0 Å². The lowest BCUT2D eigenvalue weighted by Gasteiger charge is -2.16. The summed E-state index contributed by atoms with van der Waals surface area (Å²) in [5.74, 6) is 0.394. The van der Waals surface area contributed by atoms with Gasteiger partial charge in [0.1, 0.15) is 5.75 Å². The van der Waals surface area contributed by atoms with Crippen LogP contribution < -0.4 is 14.8 Å². The molecule has 0 fully saturated rings. The van der Waals surface area contributed by atoms with Crippen molar-refractivity contribution in [3.8, 4) is 5.75 Å². The Hall–Kier alpha value is -2.54. The fourth-order valence-corrected chi connectivity index (χ4v) is 5.17. The summed E-state index contributed by atoms with van der Waals surface area (Å²) >= 11 is 0. The molecule has 7 heteroatoms. The van der Waals surface area contributed by atoms with E-state index in [0.29, 0.717) is 22.6 Å². The molecule has 0 aliphatic carbocycles. The Kier molecular flexibility index (Phi) is 4.90. The molecule has 0 radical (unpaired) electrons. The lowest BCUT2D eigenvalue weighted by atomic mass is 9.89. The minimum absolute atomic E-state index is 0.0538. The van der Waals surface area contributed by atoms with Gasteiger partial charge in [0.15, 0.2) is 0 Å². The van der Waals surface area contributed by atoms with Gasteiger partial charge in [-0.05, 0) is 66.8 Å². The Balaban J connectivity index is 1.98. The van der Waals surface area contributed by atoms with Crippen LogP contribution in [0.15, 0.2) is 35.2 Å². The molecule has 6 nitrogen and oxygen atoms in total. The van der Waals surface area contributed by atoms with Gasteiger partial charge in [-0.1, -0.05) is 13.8 Å². The minimum Gasteiger partial charge on any atom is -0.497 e. The highest BCUT2D eigenvalue weighted by Gasteiger charge is 2.33. The molecule has 1 heterocycles. The van der Waals surface area contributed by atoms with Crippen molar-refractivity contribution in [1.29, 1.82) is 0 Å². The summed E-state index contributed by atoms with van der Waals surface area (Å²) in [7, 11) is -2.23. The van der Waals surface area contributed by atoms with E-state index in [9.17, 15) is 13.2 Å². The van der Waals surface area contributed by atoms with E-state index in [0.717, 1.165) is 11.3 Å². The highest BCUT2D eigenvalue weighted by atomic mass is 32.2. The molecule has 144 valence electrons. The van der Waals surface area contributed by atoms with Gasteiger partial charge in [-0.3, -0.25) is 9.52 Å². The zero-order valence-corrected chi connectivity index (χ0v) is 16.9. The smallest absolute Gasteiger partial charge is 0.262 e. The molecule has 0 spiro atoms. The number of methoxy groups -OCH3 is 1. The second-order valence-electron chi connectivity index (χ2n) is 7.21. The maximum atomic E-state index is 13.0. The standard InChI is InChI=1S/C20H24N2O4S/c1-11(2)18-16-10-14(6-7-17(16)21-20(18)23)22-27(24,25)19-12(3)8-15(26-5)9-13(19)4/h6-11,18,22H,1-5H3,(H,21,23). The van der Waals surface area contributed by atoms with Gasteiger partial charge >= 0.3 is 0 Å². The molecule has 1 atom stereocenters. The van der Waals surface area contributed by atoms with E-state index in [1.165, 1.54) is 0 Å². The van der Waals surface area contributed by atoms with Crippen LogP contribution in [0.2, 0.25) is 0 Å². The van der Waals surface area contributed by atoms with Crippen LogP contribution in [0.25, 0.3) is 0 Å². The number of fused-ring (bicyclic) bond motifs is 1. The average molecular weight is 388 g/mol. The third kappa shape index (κ3) is 3.51. The molecule has 2 aromatic carbocycles.